The maximum Gasteiger partial charge on any atom is 0.272 e. The molecular weight excluding hydrogens is 372 g/mol. The van der Waals surface area contributed by atoms with E-state index in [1.54, 1.807) is 29.1 Å². The predicted molar refractivity (Wildman–Crippen MR) is 97.3 cm³/mol. The summed E-state index contributed by atoms with van der Waals surface area (Å²) in [5.41, 5.74) is 0.317. The van der Waals surface area contributed by atoms with E-state index in [9.17, 15) is 13.2 Å². The molecule has 9 nitrogen and oxygen atoms in total. The molecule has 4 heterocycles. The number of nitrogens with zero attached hydrogens (tertiary/aromatic N) is 4. The zero-order valence-corrected chi connectivity index (χ0v) is 16.2. The van der Waals surface area contributed by atoms with Crippen LogP contribution in [0.3, 0.4) is 0 Å². The van der Waals surface area contributed by atoms with Crippen molar-refractivity contribution in [1.82, 2.24) is 14.9 Å². The summed E-state index contributed by atoms with van der Waals surface area (Å²) >= 11 is 0. The highest BCUT2D eigenvalue weighted by Gasteiger charge is 2.41. The Morgan fingerprint density at radius 3 is 2.63 bits per heavy atom. The molecule has 3 aliphatic rings. The first-order valence-corrected chi connectivity index (χ1v) is 11.0. The molecule has 3 fully saturated rings. The van der Waals surface area contributed by atoms with Crippen LogP contribution in [0.2, 0.25) is 0 Å². The highest BCUT2D eigenvalue weighted by atomic mass is 32.2. The highest BCUT2D eigenvalue weighted by Crippen LogP contribution is 2.31. The lowest BCUT2D eigenvalue weighted by atomic mass is 10.0. The summed E-state index contributed by atoms with van der Waals surface area (Å²) in [5, 5.41) is 0. The van der Waals surface area contributed by atoms with E-state index in [2.05, 4.69) is 9.97 Å². The molecule has 148 valence electrons. The molecule has 0 saturated carbocycles. The predicted octanol–water partition coefficient (Wildman–Crippen LogP) is 0.0790. The number of hydrogen-bond acceptors (Lipinski definition) is 8. The zero-order valence-electron chi connectivity index (χ0n) is 15.3. The maximum atomic E-state index is 12.8. The molecule has 1 amide bonds. The van der Waals surface area contributed by atoms with Crippen LogP contribution in [0.4, 0.5) is 5.95 Å². The number of carbonyl (C=O) groups excluding carboxylic acids is 1. The highest BCUT2D eigenvalue weighted by molar-refractivity contribution is 7.91. The summed E-state index contributed by atoms with van der Waals surface area (Å²) in [6.45, 7) is 2.31. The average Bonchev–Trinajstić information content (AvgIpc) is 3.27. The van der Waals surface area contributed by atoms with Crippen molar-refractivity contribution in [2.75, 3.05) is 49.8 Å². The summed E-state index contributed by atoms with van der Waals surface area (Å²) < 4.78 is 34.8. The summed E-state index contributed by atoms with van der Waals surface area (Å²) in [6.07, 6.45) is 3.39. The van der Waals surface area contributed by atoms with Gasteiger partial charge in [0.15, 0.2) is 15.6 Å². The van der Waals surface area contributed by atoms with Gasteiger partial charge >= 0.3 is 0 Å². The van der Waals surface area contributed by atoms with Gasteiger partial charge in [0.1, 0.15) is 5.69 Å². The van der Waals surface area contributed by atoms with Gasteiger partial charge in [0, 0.05) is 45.2 Å². The molecule has 27 heavy (non-hydrogen) atoms. The van der Waals surface area contributed by atoms with Gasteiger partial charge in [0.05, 0.1) is 24.7 Å². The number of ether oxygens (including phenoxy) is 2. The molecule has 1 aromatic rings. The number of hydrogen-bond donors (Lipinski definition) is 0. The van der Waals surface area contributed by atoms with Crippen molar-refractivity contribution in [3.8, 4) is 0 Å². The molecule has 3 aliphatic heterocycles. The maximum absolute atomic E-state index is 12.8. The molecular formula is C17H24N4O5S. The lowest BCUT2D eigenvalue weighted by Crippen LogP contribution is -2.47. The standard InChI is InChI=1S/C17H24N4O5S/c1-20(13-3-11-27(23,24)12-13)16-18-6-2-14(19-16)15(22)21-7-4-17(5-8-21)25-9-10-26-17/h2,6,13H,3-5,7-12H2,1H3. The fraction of sp³-hybridized carbons (Fsp3) is 0.706. The lowest BCUT2D eigenvalue weighted by Gasteiger charge is -2.37. The molecule has 1 atom stereocenters. The first-order chi connectivity index (χ1) is 12.9. The Morgan fingerprint density at radius 1 is 1.30 bits per heavy atom. The van der Waals surface area contributed by atoms with E-state index in [1.807, 2.05) is 0 Å². The van der Waals surface area contributed by atoms with Crippen molar-refractivity contribution >= 4 is 21.7 Å². The molecule has 0 aromatic carbocycles. The van der Waals surface area contributed by atoms with Gasteiger partial charge < -0.3 is 19.3 Å². The van der Waals surface area contributed by atoms with Crippen LogP contribution in [0.5, 0.6) is 0 Å². The Labute approximate surface area is 158 Å². The van der Waals surface area contributed by atoms with Gasteiger partial charge in [-0.3, -0.25) is 4.79 Å². The van der Waals surface area contributed by atoms with Gasteiger partial charge in [0.2, 0.25) is 5.95 Å². The minimum absolute atomic E-state index is 0.0965. The zero-order chi connectivity index (χ0) is 19.1. The van der Waals surface area contributed by atoms with Gasteiger partial charge in [-0.1, -0.05) is 0 Å². The van der Waals surface area contributed by atoms with Crippen LogP contribution in [-0.2, 0) is 19.3 Å². The van der Waals surface area contributed by atoms with Crippen LogP contribution < -0.4 is 4.90 Å². The van der Waals surface area contributed by atoms with E-state index in [0.29, 0.717) is 57.2 Å². The summed E-state index contributed by atoms with van der Waals surface area (Å²) in [5.74, 6) is -0.0285. The fourth-order valence-corrected chi connectivity index (χ4v) is 5.65. The summed E-state index contributed by atoms with van der Waals surface area (Å²) in [7, 11) is -1.23. The number of likely N-dealkylation sites (tertiary alicyclic amines) is 1. The third-order valence-electron chi connectivity index (χ3n) is 5.56. The molecule has 3 saturated heterocycles. The molecule has 0 aliphatic carbocycles. The molecule has 0 N–H and O–H groups in total. The Hall–Kier alpha value is -1.78. The Morgan fingerprint density at radius 2 is 2.00 bits per heavy atom. The van der Waals surface area contributed by atoms with Crippen molar-refractivity contribution in [2.24, 2.45) is 0 Å². The minimum atomic E-state index is -3.00. The Kier molecular flexibility index (Phi) is 4.81. The molecule has 1 aromatic heterocycles. The van der Waals surface area contributed by atoms with Crippen LogP contribution >= 0.6 is 0 Å². The first-order valence-electron chi connectivity index (χ1n) is 9.21. The van der Waals surface area contributed by atoms with Crippen molar-refractivity contribution in [3.05, 3.63) is 18.0 Å². The number of anilines is 1. The number of rotatable bonds is 3. The van der Waals surface area contributed by atoms with Crippen LogP contribution in [-0.4, -0.2) is 85.9 Å². The minimum Gasteiger partial charge on any atom is -0.347 e. The van der Waals surface area contributed by atoms with Crippen molar-refractivity contribution in [1.29, 1.82) is 0 Å². The third kappa shape index (κ3) is 3.78. The molecule has 0 radical (unpaired) electrons. The molecule has 4 rings (SSSR count). The largest absolute Gasteiger partial charge is 0.347 e. The quantitative estimate of drug-likeness (QED) is 0.708. The summed E-state index contributed by atoms with van der Waals surface area (Å²) in [6, 6.07) is 1.43. The second-order valence-corrected chi connectivity index (χ2v) is 9.54. The lowest BCUT2D eigenvalue weighted by molar-refractivity contribution is -0.181. The van der Waals surface area contributed by atoms with Crippen LogP contribution in [0.1, 0.15) is 29.8 Å². The number of aromatic nitrogens is 2. The van der Waals surface area contributed by atoms with Gasteiger partial charge in [0.25, 0.3) is 5.91 Å². The number of sulfone groups is 1. The second-order valence-electron chi connectivity index (χ2n) is 7.31. The number of amides is 1. The number of piperidine rings is 1. The van der Waals surface area contributed by atoms with Gasteiger partial charge in [-0.05, 0) is 12.5 Å². The van der Waals surface area contributed by atoms with Crippen LogP contribution in [0.15, 0.2) is 12.3 Å². The fourth-order valence-electron chi connectivity index (χ4n) is 3.88. The van der Waals surface area contributed by atoms with Gasteiger partial charge in [-0.25, -0.2) is 18.4 Å². The second kappa shape index (κ2) is 6.99. The monoisotopic (exact) mass is 396 g/mol. The molecule has 1 unspecified atom stereocenters. The van der Waals surface area contributed by atoms with E-state index >= 15 is 0 Å². The van der Waals surface area contributed by atoms with Crippen LogP contribution in [0, 0.1) is 0 Å². The smallest absolute Gasteiger partial charge is 0.272 e. The first kappa shape index (κ1) is 18.6. The van der Waals surface area contributed by atoms with Gasteiger partial charge in [-0.2, -0.15) is 0 Å². The third-order valence-corrected chi connectivity index (χ3v) is 7.31. The number of carbonyl (C=O) groups is 1. The normalized spacial score (nSPS) is 26.4. The van der Waals surface area contributed by atoms with Crippen molar-refractivity contribution < 1.29 is 22.7 Å². The Balaban J connectivity index is 1.43. The van der Waals surface area contributed by atoms with E-state index in [-0.39, 0.29) is 23.5 Å². The van der Waals surface area contributed by atoms with E-state index in [0.717, 1.165) is 0 Å². The van der Waals surface area contributed by atoms with Crippen LogP contribution in [0.25, 0.3) is 0 Å². The SMILES string of the molecule is CN(c1nccc(C(=O)N2CCC3(CC2)OCCO3)n1)C1CCS(=O)(=O)C1. The average molecular weight is 396 g/mol. The molecule has 1 spiro atoms. The molecule has 10 heteroatoms. The van der Waals surface area contributed by atoms with Gasteiger partial charge in [-0.15, -0.1) is 0 Å². The molecule has 0 bridgehead atoms. The van der Waals surface area contributed by atoms with E-state index < -0.39 is 15.6 Å². The van der Waals surface area contributed by atoms with Crippen molar-refractivity contribution in [3.63, 3.8) is 0 Å². The van der Waals surface area contributed by atoms with E-state index in [1.165, 1.54) is 0 Å². The Bertz CT molecular complexity index is 814. The van der Waals surface area contributed by atoms with E-state index in [4.69, 9.17) is 9.47 Å². The van der Waals surface area contributed by atoms with Crippen molar-refractivity contribution in [2.45, 2.75) is 31.1 Å². The summed E-state index contributed by atoms with van der Waals surface area (Å²) in [4.78, 5) is 25.0. The topological polar surface area (TPSA) is 102 Å².